The SMILES string of the molecule is CC(CCS(=O)(=O)O)C(C)C(C)CCS(=O)(=O)O. The van der Waals surface area contributed by atoms with Gasteiger partial charge in [-0.25, -0.2) is 0 Å². The Morgan fingerprint density at radius 2 is 1.06 bits per heavy atom. The molecule has 0 aliphatic rings. The van der Waals surface area contributed by atoms with Gasteiger partial charge in [0.05, 0.1) is 11.5 Å². The largest absolute Gasteiger partial charge is 0.286 e. The second kappa shape index (κ2) is 6.83. The summed E-state index contributed by atoms with van der Waals surface area (Å²) in [6, 6.07) is 0. The highest BCUT2D eigenvalue weighted by Gasteiger charge is 2.22. The molecule has 110 valence electrons. The Morgan fingerprint density at radius 1 is 0.778 bits per heavy atom. The van der Waals surface area contributed by atoms with Crippen molar-refractivity contribution in [2.75, 3.05) is 11.5 Å². The molecule has 0 bridgehead atoms. The smallest absolute Gasteiger partial charge is 0.264 e. The first kappa shape index (κ1) is 17.8. The lowest BCUT2D eigenvalue weighted by Gasteiger charge is -2.25. The fraction of sp³-hybridized carbons (Fsp3) is 1.00. The molecule has 0 radical (unpaired) electrons. The summed E-state index contributed by atoms with van der Waals surface area (Å²) in [7, 11) is -7.90. The molecule has 0 spiro atoms. The molecule has 2 atom stereocenters. The van der Waals surface area contributed by atoms with E-state index in [0.717, 1.165) is 0 Å². The lowest BCUT2D eigenvalue weighted by atomic mass is 9.82. The van der Waals surface area contributed by atoms with Crippen molar-refractivity contribution < 1.29 is 25.9 Å². The standard InChI is InChI=1S/C10H22O6S2/c1-8(4-6-17(11,12)13)10(3)9(2)5-7-18(14,15)16/h8-10H,4-7H2,1-3H3,(H,11,12,13)(H,14,15,16). The van der Waals surface area contributed by atoms with Crippen LogP contribution in [0.5, 0.6) is 0 Å². The van der Waals surface area contributed by atoms with Crippen LogP contribution in [0.4, 0.5) is 0 Å². The zero-order chi connectivity index (χ0) is 14.6. The van der Waals surface area contributed by atoms with Gasteiger partial charge in [-0.1, -0.05) is 20.8 Å². The quantitative estimate of drug-likeness (QED) is 0.657. The summed E-state index contributed by atoms with van der Waals surface area (Å²) >= 11 is 0. The van der Waals surface area contributed by atoms with Gasteiger partial charge in [-0.05, 0) is 30.6 Å². The fourth-order valence-corrected chi connectivity index (χ4v) is 3.10. The molecule has 18 heavy (non-hydrogen) atoms. The van der Waals surface area contributed by atoms with E-state index >= 15 is 0 Å². The van der Waals surface area contributed by atoms with E-state index in [9.17, 15) is 16.8 Å². The lowest BCUT2D eigenvalue weighted by molar-refractivity contribution is 0.265. The van der Waals surface area contributed by atoms with Crippen LogP contribution in [-0.4, -0.2) is 37.4 Å². The van der Waals surface area contributed by atoms with Crippen molar-refractivity contribution in [1.82, 2.24) is 0 Å². The van der Waals surface area contributed by atoms with E-state index in [1.807, 2.05) is 20.8 Å². The Morgan fingerprint density at radius 3 is 1.28 bits per heavy atom. The lowest BCUT2D eigenvalue weighted by Crippen LogP contribution is -2.21. The Labute approximate surface area is 109 Å². The molecule has 0 saturated carbocycles. The van der Waals surface area contributed by atoms with Crippen LogP contribution in [0.2, 0.25) is 0 Å². The van der Waals surface area contributed by atoms with E-state index in [2.05, 4.69) is 0 Å². The van der Waals surface area contributed by atoms with Gasteiger partial charge in [-0.15, -0.1) is 0 Å². The molecule has 6 nitrogen and oxygen atoms in total. The van der Waals surface area contributed by atoms with Crippen molar-refractivity contribution in [1.29, 1.82) is 0 Å². The summed E-state index contributed by atoms with van der Waals surface area (Å²) in [5.74, 6) is -0.382. The Bertz CT molecular complexity index is 397. The second-order valence-electron chi connectivity index (χ2n) is 4.96. The summed E-state index contributed by atoms with van der Waals surface area (Å²) in [5.41, 5.74) is 0. The minimum atomic E-state index is -3.95. The third-order valence-electron chi connectivity index (χ3n) is 3.46. The van der Waals surface area contributed by atoms with Crippen LogP contribution >= 0.6 is 0 Å². The molecule has 2 N–H and O–H groups in total. The van der Waals surface area contributed by atoms with E-state index < -0.39 is 20.2 Å². The maximum Gasteiger partial charge on any atom is 0.264 e. The highest BCUT2D eigenvalue weighted by molar-refractivity contribution is 7.86. The van der Waals surface area contributed by atoms with Crippen LogP contribution < -0.4 is 0 Å². The van der Waals surface area contributed by atoms with Crippen LogP contribution in [0, 0.1) is 17.8 Å². The first-order valence-corrected chi connectivity index (χ1v) is 9.04. The zero-order valence-electron chi connectivity index (χ0n) is 10.9. The molecule has 0 heterocycles. The van der Waals surface area contributed by atoms with Gasteiger partial charge in [0.1, 0.15) is 0 Å². The number of hydrogen-bond donors (Lipinski definition) is 2. The van der Waals surface area contributed by atoms with Crippen molar-refractivity contribution in [3.8, 4) is 0 Å². The monoisotopic (exact) mass is 302 g/mol. The summed E-state index contributed by atoms with van der Waals surface area (Å²) in [6.45, 7) is 5.63. The highest BCUT2D eigenvalue weighted by atomic mass is 32.2. The fourth-order valence-electron chi connectivity index (χ4n) is 1.76. The van der Waals surface area contributed by atoms with Crippen molar-refractivity contribution in [3.05, 3.63) is 0 Å². The number of rotatable bonds is 8. The molecular formula is C10H22O6S2. The molecule has 0 fully saturated rings. The van der Waals surface area contributed by atoms with Crippen molar-refractivity contribution in [2.24, 2.45) is 17.8 Å². The third-order valence-corrected chi connectivity index (χ3v) is 4.96. The molecule has 0 saturated heterocycles. The molecule has 2 unspecified atom stereocenters. The van der Waals surface area contributed by atoms with Gasteiger partial charge in [-0.2, -0.15) is 16.8 Å². The van der Waals surface area contributed by atoms with E-state index in [4.69, 9.17) is 9.11 Å². The first-order valence-electron chi connectivity index (χ1n) is 5.82. The molecule has 0 aliphatic carbocycles. The maximum absolute atomic E-state index is 10.6. The van der Waals surface area contributed by atoms with Crippen LogP contribution in [-0.2, 0) is 20.2 Å². The maximum atomic E-state index is 10.6. The van der Waals surface area contributed by atoms with Gasteiger partial charge in [-0.3, -0.25) is 9.11 Å². The van der Waals surface area contributed by atoms with Gasteiger partial charge in [0.15, 0.2) is 0 Å². The summed E-state index contributed by atoms with van der Waals surface area (Å²) in [4.78, 5) is 0. The second-order valence-corrected chi connectivity index (χ2v) is 8.11. The average Bonchev–Trinajstić information content (AvgIpc) is 2.19. The van der Waals surface area contributed by atoms with Crippen LogP contribution in [0.1, 0.15) is 33.6 Å². The Kier molecular flexibility index (Phi) is 6.77. The van der Waals surface area contributed by atoms with E-state index in [1.54, 1.807) is 0 Å². The molecule has 0 amide bonds. The van der Waals surface area contributed by atoms with E-state index in [-0.39, 0.29) is 29.3 Å². The van der Waals surface area contributed by atoms with Crippen LogP contribution in [0.15, 0.2) is 0 Å². The third kappa shape index (κ3) is 8.84. The van der Waals surface area contributed by atoms with Gasteiger partial charge >= 0.3 is 0 Å². The van der Waals surface area contributed by atoms with Gasteiger partial charge < -0.3 is 0 Å². The zero-order valence-corrected chi connectivity index (χ0v) is 12.5. The van der Waals surface area contributed by atoms with Crippen molar-refractivity contribution in [3.63, 3.8) is 0 Å². The van der Waals surface area contributed by atoms with Gasteiger partial charge in [0.25, 0.3) is 20.2 Å². The molecule has 8 heteroatoms. The predicted octanol–water partition coefficient (Wildman–Crippen LogP) is 1.45. The molecule has 0 aromatic heterocycles. The number of hydrogen-bond acceptors (Lipinski definition) is 4. The topological polar surface area (TPSA) is 109 Å². The van der Waals surface area contributed by atoms with Gasteiger partial charge in [0, 0.05) is 0 Å². The average molecular weight is 302 g/mol. The van der Waals surface area contributed by atoms with Crippen molar-refractivity contribution in [2.45, 2.75) is 33.6 Å². The molecule has 0 aromatic rings. The summed E-state index contributed by atoms with van der Waals surface area (Å²) < 4.78 is 59.8. The molecule has 0 rings (SSSR count). The minimum Gasteiger partial charge on any atom is -0.286 e. The first-order chi connectivity index (χ1) is 7.92. The van der Waals surface area contributed by atoms with Crippen LogP contribution in [0.25, 0.3) is 0 Å². The highest BCUT2D eigenvalue weighted by Crippen LogP contribution is 2.26. The Hall–Kier alpha value is -0.180. The van der Waals surface area contributed by atoms with E-state index in [1.165, 1.54) is 0 Å². The summed E-state index contributed by atoms with van der Waals surface area (Å²) in [6.07, 6.45) is 0.659. The Balaban J connectivity index is 4.24. The predicted molar refractivity (Wildman–Crippen MR) is 69.6 cm³/mol. The van der Waals surface area contributed by atoms with Crippen LogP contribution in [0.3, 0.4) is 0 Å². The minimum absolute atomic E-state index is 0.0447. The summed E-state index contributed by atoms with van der Waals surface area (Å²) in [5, 5.41) is 0. The molecule has 0 aromatic carbocycles. The molecular weight excluding hydrogens is 280 g/mol. The molecule has 0 aliphatic heterocycles. The normalized spacial score (nSPS) is 18.3. The van der Waals surface area contributed by atoms with Crippen molar-refractivity contribution >= 4 is 20.2 Å². The van der Waals surface area contributed by atoms with E-state index in [0.29, 0.717) is 12.8 Å². The van der Waals surface area contributed by atoms with Gasteiger partial charge in [0.2, 0.25) is 0 Å².